The van der Waals surface area contributed by atoms with Crippen molar-refractivity contribution in [2.75, 3.05) is 51.3 Å². The molecule has 0 atom stereocenters. The van der Waals surface area contributed by atoms with Crippen molar-refractivity contribution in [3.63, 3.8) is 0 Å². The Bertz CT molecular complexity index is 785. The summed E-state index contributed by atoms with van der Waals surface area (Å²) >= 11 is 6.02. The SMILES string of the molecule is C=C/C(Cl)=C\C1=C(C)N(C(=O)N2CCN(c3cnc(OC)cn3)CC2)CCO1. The monoisotopic (exact) mass is 405 g/mol. The molecule has 9 heteroatoms. The van der Waals surface area contributed by atoms with Crippen molar-refractivity contribution in [3.05, 3.63) is 47.6 Å². The van der Waals surface area contributed by atoms with Crippen LogP contribution in [0.4, 0.5) is 10.6 Å². The highest BCUT2D eigenvalue weighted by Gasteiger charge is 2.29. The fourth-order valence-electron chi connectivity index (χ4n) is 3.10. The molecule has 0 aromatic carbocycles. The molecule has 150 valence electrons. The molecule has 0 spiro atoms. The summed E-state index contributed by atoms with van der Waals surface area (Å²) in [5.41, 5.74) is 0.750. The largest absolute Gasteiger partial charge is 0.490 e. The van der Waals surface area contributed by atoms with Crippen LogP contribution < -0.4 is 9.64 Å². The van der Waals surface area contributed by atoms with Gasteiger partial charge < -0.3 is 19.3 Å². The smallest absolute Gasteiger partial charge is 0.324 e. The standard InChI is InChI=1S/C19H24ClN5O3/c1-4-15(20)11-16-14(2)25(9-10-28-16)19(26)24-7-5-23(6-8-24)17-12-22-18(27-3)13-21-17/h4,11-13H,1,5-10H2,2-3H3/b15-11+. The number of ether oxygens (including phenoxy) is 2. The average Bonchev–Trinajstić information content (AvgIpc) is 2.75. The second-order valence-electron chi connectivity index (χ2n) is 6.36. The molecule has 3 heterocycles. The minimum absolute atomic E-state index is 0.0260. The average molecular weight is 406 g/mol. The summed E-state index contributed by atoms with van der Waals surface area (Å²) in [6, 6.07) is -0.0260. The van der Waals surface area contributed by atoms with E-state index in [4.69, 9.17) is 21.1 Å². The molecule has 2 aliphatic heterocycles. The molecule has 0 bridgehead atoms. The Balaban J connectivity index is 1.64. The van der Waals surface area contributed by atoms with Crippen LogP contribution >= 0.6 is 11.6 Å². The van der Waals surface area contributed by atoms with Gasteiger partial charge in [0, 0.05) is 37.3 Å². The number of carbonyl (C=O) groups excluding carboxylic acids is 1. The Kier molecular flexibility index (Phi) is 6.41. The molecular formula is C19H24ClN5O3. The molecule has 2 aliphatic rings. The molecule has 0 aliphatic carbocycles. The zero-order chi connectivity index (χ0) is 20.1. The van der Waals surface area contributed by atoms with Gasteiger partial charge in [0.05, 0.1) is 31.7 Å². The Morgan fingerprint density at radius 3 is 2.61 bits per heavy atom. The number of amides is 2. The fourth-order valence-corrected chi connectivity index (χ4v) is 3.20. The maximum Gasteiger partial charge on any atom is 0.324 e. The van der Waals surface area contributed by atoms with Crippen LogP contribution in [-0.4, -0.2) is 72.2 Å². The van der Waals surface area contributed by atoms with E-state index in [1.165, 1.54) is 6.08 Å². The lowest BCUT2D eigenvalue weighted by atomic mass is 10.2. The number of nitrogens with zero attached hydrogens (tertiary/aromatic N) is 5. The van der Waals surface area contributed by atoms with Crippen LogP contribution in [0.25, 0.3) is 0 Å². The van der Waals surface area contributed by atoms with E-state index in [2.05, 4.69) is 21.4 Å². The van der Waals surface area contributed by atoms with Crippen LogP contribution in [0.3, 0.4) is 0 Å². The van der Waals surface area contributed by atoms with Gasteiger partial charge in [0.1, 0.15) is 18.2 Å². The van der Waals surface area contributed by atoms with Gasteiger partial charge >= 0.3 is 6.03 Å². The molecule has 0 N–H and O–H groups in total. The van der Waals surface area contributed by atoms with Crippen LogP contribution in [0.2, 0.25) is 0 Å². The summed E-state index contributed by atoms with van der Waals surface area (Å²) in [6.07, 6.45) is 6.50. The number of hydrogen-bond acceptors (Lipinski definition) is 6. The van der Waals surface area contributed by atoms with Crippen molar-refractivity contribution in [3.8, 4) is 5.88 Å². The normalized spacial score (nSPS) is 18.1. The molecule has 0 saturated carbocycles. The predicted molar refractivity (Wildman–Crippen MR) is 107 cm³/mol. The van der Waals surface area contributed by atoms with Crippen molar-refractivity contribution in [1.29, 1.82) is 0 Å². The highest BCUT2D eigenvalue weighted by atomic mass is 35.5. The van der Waals surface area contributed by atoms with Crippen LogP contribution in [0.1, 0.15) is 6.92 Å². The van der Waals surface area contributed by atoms with Gasteiger partial charge in [-0.1, -0.05) is 24.3 Å². The molecule has 1 saturated heterocycles. The van der Waals surface area contributed by atoms with Crippen LogP contribution in [0.5, 0.6) is 5.88 Å². The number of carbonyl (C=O) groups is 1. The van der Waals surface area contributed by atoms with Gasteiger partial charge in [-0.25, -0.2) is 14.8 Å². The number of urea groups is 1. The molecule has 2 amide bonds. The zero-order valence-corrected chi connectivity index (χ0v) is 16.9. The van der Waals surface area contributed by atoms with Gasteiger partial charge in [-0.15, -0.1) is 0 Å². The van der Waals surface area contributed by atoms with Gasteiger partial charge in [0.2, 0.25) is 5.88 Å². The van der Waals surface area contributed by atoms with Crippen molar-refractivity contribution < 1.29 is 14.3 Å². The summed E-state index contributed by atoms with van der Waals surface area (Å²) in [4.78, 5) is 27.3. The molecule has 8 nitrogen and oxygen atoms in total. The molecule has 1 aromatic heterocycles. The number of rotatable bonds is 4. The summed E-state index contributed by atoms with van der Waals surface area (Å²) in [5, 5.41) is 0.470. The lowest BCUT2D eigenvalue weighted by Crippen LogP contribution is -2.53. The number of anilines is 1. The van der Waals surface area contributed by atoms with Crippen molar-refractivity contribution in [1.82, 2.24) is 19.8 Å². The number of piperazine rings is 1. The Hall–Kier alpha value is -2.74. The molecule has 3 rings (SSSR count). The molecule has 0 unspecified atom stereocenters. The Morgan fingerprint density at radius 1 is 1.25 bits per heavy atom. The third-order valence-electron chi connectivity index (χ3n) is 4.73. The van der Waals surface area contributed by atoms with E-state index in [1.54, 1.807) is 30.5 Å². The van der Waals surface area contributed by atoms with Crippen LogP contribution in [0.15, 0.2) is 47.6 Å². The topological polar surface area (TPSA) is 71.0 Å². The molecule has 28 heavy (non-hydrogen) atoms. The Morgan fingerprint density at radius 2 is 2.00 bits per heavy atom. The summed E-state index contributed by atoms with van der Waals surface area (Å²) in [7, 11) is 1.56. The first-order valence-corrected chi connectivity index (χ1v) is 9.42. The van der Waals surface area contributed by atoms with Crippen molar-refractivity contribution in [2.24, 2.45) is 0 Å². The van der Waals surface area contributed by atoms with E-state index < -0.39 is 0 Å². The van der Waals surface area contributed by atoms with Crippen molar-refractivity contribution >= 4 is 23.4 Å². The first kappa shape index (κ1) is 20.0. The number of hydrogen-bond donors (Lipinski definition) is 0. The first-order chi connectivity index (χ1) is 13.5. The molecule has 1 fully saturated rings. The minimum atomic E-state index is -0.0260. The van der Waals surface area contributed by atoms with Gasteiger partial charge in [0.15, 0.2) is 0 Å². The highest BCUT2D eigenvalue weighted by Crippen LogP contribution is 2.23. The second-order valence-corrected chi connectivity index (χ2v) is 6.79. The van der Waals surface area contributed by atoms with E-state index in [0.29, 0.717) is 56.0 Å². The Labute approximate surface area is 169 Å². The lowest BCUT2D eigenvalue weighted by Gasteiger charge is -2.39. The van der Waals surface area contributed by atoms with Gasteiger partial charge in [0.25, 0.3) is 0 Å². The van der Waals surface area contributed by atoms with E-state index in [-0.39, 0.29) is 6.03 Å². The number of methoxy groups -OCH3 is 1. The summed E-state index contributed by atoms with van der Waals surface area (Å²) in [5.74, 6) is 1.85. The molecule has 0 radical (unpaired) electrons. The van der Waals surface area contributed by atoms with Crippen molar-refractivity contribution in [2.45, 2.75) is 6.92 Å². The number of allylic oxidation sites excluding steroid dienone is 4. The predicted octanol–water partition coefficient (Wildman–Crippen LogP) is 2.60. The summed E-state index contributed by atoms with van der Waals surface area (Å²) in [6.45, 7) is 9.03. The van der Waals surface area contributed by atoms with Crippen LogP contribution in [-0.2, 0) is 4.74 Å². The molecular weight excluding hydrogens is 382 g/mol. The fraction of sp³-hybridized carbons (Fsp3) is 0.421. The third kappa shape index (κ3) is 4.39. The number of aromatic nitrogens is 2. The van der Waals surface area contributed by atoms with Crippen LogP contribution in [0, 0.1) is 0 Å². The quantitative estimate of drug-likeness (QED) is 0.717. The minimum Gasteiger partial charge on any atom is -0.490 e. The summed E-state index contributed by atoms with van der Waals surface area (Å²) < 4.78 is 10.7. The second kappa shape index (κ2) is 8.97. The number of halogens is 1. The van der Waals surface area contributed by atoms with E-state index >= 15 is 0 Å². The van der Waals surface area contributed by atoms with Gasteiger partial charge in [-0.05, 0) is 6.92 Å². The van der Waals surface area contributed by atoms with Gasteiger partial charge in [-0.3, -0.25) is 4.90 Å². The van der Waals surface area contributed by atoms with Gasteiger partial charge in [-0.2, -0.15) is 0 Å². The lowest BCUT2D eigenvalue weighted by molar-refractivity contribution is 0.119. The van der Waals surface area contributed by atoms with E-state index in [1.807, 2.05) is 11.8 Å². The van der Waals surface area contributed by atoms with E-state index in [9.17, 15) is 4.79 Å². The maximum absolute atomic E-state index is 13.0. The first-order valence-electron chi connectivity index (χ1n) is 9.04. The highest BCUT2D eigenvalue weighted by molar-refractivity contribution is 6.31. The zero-order valence-electron chi connectivity index (χ0n) is 16.1. The van der Waals surface area contributed by atoms with E-state index in [0.717, 1.165) is 11.5 Å². The third-order valence-corrected chi connectivity index (χ3v) is 4.99. The maximum atomic E-state index is 13.0. The molecule has 1 aromatic rings.